The van der Waals surface area contributed by atoms with Gasteiger partial charge in [-0.1, -0.05) is 55.3 Å². The summed E-state index contributed by atoms with van der Waals surface area (Å²) in [5.41, 5.74) is 7.01. The molecule has 0 aromatic heterocycles. The Balaban J connectivity index is 2.01. The van der Waals surface area contributed by atoms with E-state index in [4.69, 9.17) is 4.74 Å². The maximum absolute atomic E-state index is 5.23. The third-order valence-corrected chi connectivity index (χ3v) is 3.93. The molecule has 0 aliphatic heterocycles. The predicted molar refractivity (Wildman–Crippen MR) is 85.0 cm³/mol. The molecule has 0 N–H and O–H groups in total. The first kappa shape index (κ1) is 13.0. The van der Waals surface area contributed by atoms with E-state index < -0.39 is 0 Å². The molecule has 0 radical (unpaired) electrons. The summed E-state index contributed by atoms with van der Waals surface area (Å²) in [5, 5.41) is 0. The van der Waals surface area contributed by atoms with Gasteiger partial charge in [0.05, 0.1) is 7.11 Å². The molecule has 20 heavy (non-hydrogen) atoms. The summed E-state index contributed by atoms with van der Waals surface area (Å²) in [6.07, 6.45) is 5.93. The zero-order chi connectivity index (χ0) is 13.9. The van der Waals surface area contributed by atoms with Crippen LogP contribution in [-0.4, -0.2) is 7.11 Å². The Morgan fingerprint density at radius 2 is 1.85 bits per heavy atom. The van der Waals surface area contributed by atoms with E-state index in [1.165, 1.54) is 35.1 Å². The second kappa shape index (κ2) is 5.54. The van der Waals surface area contributed by atoms with Crippen molar-refractivity contribution >= 4 is 6.08 Å². The molecule has 0 atom stereocenters. The van der Waals surface area contributed by atoms with Crippen molar-refractivity contribution in [1.82, 2.24) is 0 Å². The highest BCUT2D eigenvalue weighted by Crippen LogP contribution is 2.35. The molecule has 1 aliphatic carbocycles. The van der Waals surface area contributed by atoms with Crippen molar-refractivity contribution in [3.8, 4) is 16.9 Å². The van der Waals surface area contributed by atoms with Gasteiger partial charge < -0.3 is 4.74 Å². The molecule has 2 aromatic carbocycles. The number of methoxy groups -OCH3 is 1. The normalized spacial score (nSPS) is 13.0. The van der Waals surface area contributed by atoms with Crippen LogP contribution in [0.1, 0.15) is 30.9 Å². The topological polar surface area (TPSA) is 9.23 Å². The first-order valence-corrected chi connectivity index (χ1v) is 7.27. The average molecular weight is 264 g/mol. The van der Waals surface area contributed by atoms with Crippen LogP contribution >= 0.6 is 0 Å². The zero-order valence-corrected chi connectivity index (χ0v) is 12.1. The Kier molecular flexibility index (Phi) is 3.60. The Bertz CT molecular complexity index is 635. The van der Waals surface area contributed by atoms with Gasteiger partial charge in [0.15, 0.2) is 0 Å². The quantitative estimate of drug-likeness (QED) is 0.746. The SMILES string of the molecule is CCCC1=Cc2c(cccc2-c2ccc(OC)cc2)C1. The van der Waals surface area contributed by atoms with E-state index in [9.17, 15) is 0 Å². The van der Waals surface area contributed by atoms with Gasteiger partial charge in [-0.05, 0) is 47.2 Å². The van der Waals surface area contributed by atoms with Crippen LogP contribution in [0.5, 0.6) is 5.75 Å². The molecule has 0 saturated heterocycles. The molecule has 102 valence electrons. The van der Waals surface area contributed by atoms with Gasteiger partial charge >= 0.3 is 0 Å². The molecule has 0 saturated carbocycles. The van der Waals surface area contributed by atoms with E-state index in [2.05, 4.69) is 43.3 Å². The van der Waals surface area contributed by atoms with Crippen molar-refractivity contribution in [1.29, 1.82) is 0 Å². The number of allylic oxidation sites excluding steroid dienone is 1. The fourth-order valence-corrected chi connectivity index (χ4v) is 2.94. The van der Waals surface area contributed by atoms with Gasteiger partial charge in [0.25, 0.3) is 0 Å². The Labute approximate surface area is 120 Å². The third-order valence-electron chi connectivity index (χ3n) is 3.93. The zero-order valence-electron chi connectivity index (χ0n) is 12.1. The van der Waals surface area contributed by atoms with Gasteiger partial charge in [-0.25, -0.2) is 0 Å². The third kappa shape index (κ3) is 2.36. The molecule has 3 rings (SSSR count). The molecule has 0 unspecified atom stereocenters. The van der Waals surface area contributed by atoms with Gasteiger partial charge in [-0.3, -0.25) is 0 Å². The fraction of sp³-hybridized carbons (Fsp3) is 0.263. The lowest BCUT2D eigenvalue weighted by atomic mass is 9.97. The molecule has 1 aliphatic rings. The van der Waals surface area contributed by atoms with Gasteiger partial charge in [0.1, 0.15) is 5.75 Å². The summed E-state index contributed by atoms with van der Waals surface area (Å²) < 4.78 is 5.23. The van der Waals surface area contributed by atoms with Crippen molar-refractivity contribution in [3.05, 3.63) is 59.2 Å². The number of benzene rings is 2. The lowest BCUT2D eigenvalue weighted by Gasteiger charge is -2.08. The molecule has 0 fully saturated rings. The monoisotopic (exact) mass is 264 g/mol. The minimum absolute atomic E-state index is 0.906. The molecule has 0 heterocycles. The first-order valence-electron chi connectivity index (χ1n) is 7.27. The average Bonchev–Trinajstić information content (AvgIpc) is 2.90. The molecule has 0 amide bonds. The molecule has 0 bridgehead atoms. The van der Waals surface area contributed by atoms with Crippen molar-refractivity contribution < 1.29 is 4.74 Å². The van der Waals surface area contributed by atoms with E-state index in [0.29, 0.717) is 0 Å². The van der Waals surface area contributed by atoms with Gasteiger partial charge in [-0.15, -0.1) is 0 Å². The molecular weight excluding hydrogens is 244 g/mol. The van der Waals surface area contributed by atoms with Gasteiger partial charge in [0.2, 0.25) is 0 Å². The van der Waals surface area contributed by atoms with Crippen LogP contribution < -0.4 is 4.74 Å². The Hall–Kier alpha value is -2.02. The highest BCUT2D eigenvalue weighted by molar-refractivity contribution is 5.80. The largest absolute Gasteiger partial charge is 0.497 e. The van der Waals surface area contributed by atoms with E-state index in [0.717, 1.165) is 12.2 Å². The maximum Gasteiger partial charge on any atom is 0.118 e. The summed E-state index contributed by atoms with van der Waals surface area (Å²) in [6, 6.07) is 15.0. The van der Waals surface area contributed by atoms with Crippen molar-refractivity contribution in [3.63, 3.8) is 0 Å². The summed E-state index contributed by atoms with van der Waals surface area (Å²) in [5.74, 6) is 0.906. The van der Waals surface area contributed by atoms with E-state index >= 15 is 0 Å². The predicted octanol–water partition coefficient (Wildman–Crippen LogP) is 5.10. The first-order chi connectivity index (χ1) is 9.81. The summed E-state index contributed by atoms with van der Waals surface area (Å²) in [4.78, 5) is 0. The van der Waals surface area contributed by atoms with Crippen molar-refractivity contribution in [2.24, 2.45) is 0 Å². The number of ether oxygens (including phenoxy) is 1. The molecule has 0 spiro atoms. The van der Waals surface area contributed by atoms with Crippen LogP contribution in [0.25, 0.3) is 17.2 Å². The van der Waals surface area contributed by atoms with Crippen molar-refractivity contribution in [2.45, 2.75) is 26.2 Å². The van der Waals surface area contributed by atoms with Gasteiger partial charge in [0, 0.05) is 0 Å². The number of fused-ring (bicyclic) bond motifs is 1. The van der Waals surface area contributed by atoms with E-state index in [-0.39, 0.29) is 0 Å². The van der Waals surface area contributed by atoms with Crippen LogP contribution in [0.4, 0.5) is 0 Å². The van der Waals surface area contributed by atoms with Crippen LogP contribution in [0, 0.1) is 0 Å². The van der Waals surface area contributed by atoms with Crippen LogP contribution in [-0.2, 0) is 6.42 Å². The molecule has 2 aromatic rings. The molecule has 1 nitrogen and oxygen atoms in total. The van der Waals surface area contributed by atoms with Crippen LogP contribution in [0.2, 0.25) is 0 Å². The summed E-state index contributed by atoms with van der Waals surface area (Å²) in [7, 11) is 1.70. The fourth-order valence-electron chi connectivity index (χ4n) is 2.94. The second-order valence-electron chi connectivity index (χ2n) is 5.34. The summed E-state index contributed by atoms with van der Waals surface area (Å²) >= 11 is 0. The maximum atomic E-state index is 5.23. The minimum Gasteiger partial charge on any atom is -0.497 e. The minimum atomic E-state index is 0.906. The number of hydrogen-bond donors (Lipinski definition) is 0. The Morgan fingerprint density at radius 1 is 1.05 bits per heavy atom. The molecule has 1 heteroatoms. The van der Waals surface area contributed by atoms with E-state index in [1.807, 2.05) is 12.1 Å². The smallest absolute Gasteiger partial charge is 0.118 e. The van der Waals surface area contributed by atoms with Crippen molar-refractivity contribution in [2.75, 3.05) is 7.11 Å². The lowest BCUT2D eigenvalue weighted by molar-refractivity contribution is 0.415. The number of hydrogen-bond acceptors (Lipinski definition) is 1. The second-order valence-corrected chi connectivity index (χ2v) is 5.34. The van der Waals surface area contributed by atoms with Crippen LogP contribution in [0.3, 0.4) is 0 Å². The highest BCUT2D eigenvalue weighted by Gasteiger charge is 2.15. The summed E-state index contributed by atoms with van der Waals surface area (Å²) in [6.45, 7) is 2.24. The van der Waals surface area contributed by atoms with Gasteiger partial charge in [-0.2, -0.15) is 0 Å². The Morgan fingerprint density at radius 3 is 2.55 bits per heavy atom. The van der Waals surface area contributed by atoms with E-state index in [1.54, 1.807) is 12.7 Å². The molecular formula is C19H20O. The van der Waals surface area contributed by atoms with Crippen LogP contribution in [0.15, 0.2) is 48.0 Å². The lowest BCUT2D eigenvalue weighted by Crippen LogP contribution is -1.88. The highest BCUT2D eigenvalue weighted by atomic mass is 16.5. The number of rotatable bonds is 4. The standard InChI is InChI=1S/C19H20O/c1-3-5-14-12-16-6-4-7-18(19(16)13-14)15-8-10-17(20-2)11-9-15/h4,6-11,13H,3,5,12H2,1-2H3.